The molecule has 0 spiro atoms. The van der Waals surface area contributed by atoms with Crippen molar-refractivity contribution in [3.63, 3.8) is 0 Å². The molecule has 2 N–H and O–H groups in total. The van der Waals surface area contributed by atoms with Crippen molar-refractivity contribution in [3.05, 3.63) is 16.5 Å². The molecule has 0 radical (unpaired) electrons. The predicted molar refractivity (Wildman–Crippen MR) is 70.1 cm³/mol. The fourth-order valence-corrected chi connectivity index (χ4v) is 1.88. The summed E-state index contributed by atoms with van der Waals surface area (Å²) in [5.74, 6) is 1.53. The number of aliphatic hydroxyl groups is 1. The van der Waals surface area contributed by atoms with Crippen LogP contribution in [0.5, 0.6) is 0 Å². The van der Waals surface area contributed by atoms with E-state index in [1.165, 1.54) is 0 Å². The molecule has 6 heteroatoms. The lowest BCUT2D eigenvalue weighted by atomic mass is 10.2. The Balaban J connectivity index is 2.73. The van der Waals surface area contributed by atoms with Crippen molar-refractivity contribution in [2.75, 3.05) is 25.6 Å². The molecule has 0 bridgehead atoms. The number of hydrogen-bond donors (Lipinski definition) is 2. The molecule has 0 aliphatic rings. The third-order valence-corrected chi connectivity index (χ3v) is 2.66. The molecule has 0 aliphatic carbocycles. The second-order valence-corrected chi connectivity index (χ2v) is 4.47. The Hall–Kier alpha value is -0.720. The largest absolute Gasteiger partial charge is 0.396 e. The van der Waals surface area contributed by atoms with E-state index in [-0.39, 0.29) is 12.6 Å². The van der Waals surface area contributed by atoms with E-state index in [0.29, 0.717) is 13.0 Å². The molecule has 1 aromatic heterocycles. The van der Waals surface area contributed by atoms with Gasteiger partial charge in [-0.05, 0) is 22.4 Å². The van der Waals surface area contributed by atoms with Crippen LogP contribution in [0.25, 0.3) is 0 Å². The lowest BCUT2D eigenvalue weighted by molar-refractivity contribution is 0.170. The molecule has 1 aromatic rings. The van der Waals surface area contributed by atoms with Gasteiger partial charge >= 0.3 is 0 Å². The number of methoxy groups -OCH3 is 1. The highest BCUT2D eigenvalue weighted by Crippen LogP contribution is 2.14. The first-order valence-corrected chi connectivity index (χ1v) is 6.38. The minimum Gasteiger partial charge on any atom is -0.396 e. The minimum atomic E-state index is 0.0523. The van der Waals surface area contributed by atoms with E-state index >= 15 is 0 Å². The predicted octanol–water partition coefficient (Wildman–Crippen LogP) is 1.61. The molecule has 17 heavy (non-hydrogen) atoms. The van der Waals surface area contributed by atoms with Crippen LogP contribution in [0.4, 0.5) is 5.82 Å². The zero-order chi connectivity index (χ0) is 12.7. The molecule has 0 saturated carbocycles. The van der Waals surface area contributed by atoms with Crippen molar-refractivity contribution in [1.29, 1.82) is 0 Å². The molecule has 0 saturated heterocycles. The highest BCUT2D eigenvalue weighted by Gasteiger charge is 2.09. The molecule has 0 amide bonds. The van der Waals surface area contributed by atoms with Crippen molar-refractivity contribution in [2.45, 2.75) is 25.8 Å². The average Bonchev–Trinajstić information content (AvgIpc) is 2.29. The van der Waals surface area contributed by atoms with Crippen molar-refractivity contribution >= 4 is 21.7 Å². The summed E-state index contributed by atoms with van der Waals surface area (Å²) in [6, 6.07) is 1.87. The van der Waals surface area contributed by atoms with Gasteiger partial charge in [-0.25, -0.2) is 9.97 Å². The Labute approximate surface area is 110 Å². The number of aliphatic hydroxyl groups excluding tert-OH is 1. The molecule has 1 heterocycles. The van der Waals surface area contributed by atoms with Gasteiger partial charge in [-0.3, -0.25) is 0 Å². The maximum atomic E-state index is 8.96. The van der Waals surface area contributed by atoms with Crippen LogP contribution in [0.2, 0.25) is 0 Å². The third-order valence-electron chi connectivity index (χ3n) is 2.25. The van der Waals surface area contributed by atoms with Crippen molar-refractivity contribution < 1.29 is 9.84 Å². The molecule has 96 valence electrons. The summed E-state index contributed by atoms with van der Waals surface area (Å²) in [4.78, 5) is 8.60. The van der Waals surface area contributed by atoms with Crippen LogP contribution in [0.3, 0.4) is 0 Å². The average molecular weight is 304 g/mol. The van der Waals surface area contributed by atoms with Gasteiger partial charge in [-0.2, -0.15) is 0 Å². The second kappa shape index (κ2) is 7.58. The summed E-state index contributed by atoms with van der Waals surface area (Å²) in [6.45, 7) is 2.66. The first-order chi connectivity index (χ1) is 8.19. The molecule has 1 unspecified atom stereocenters. The van der Waals surface area contributed by atoms with Crippen molar-refractivity contribution in [3.8, 4) is 0 Å². The first kappa shape index (κ1) is 14.3. The number of aryl methyl sites for hydroxylation is 1. The molecular formula is C11H18BrN3O2. The van der Waals surface area contributed by atoms with E-state index in [0.717, 1.165) is 22.7 Å². The zero-order valence-corrected chi connectivity index (χ0v) is 11.7. The number of nitrogens with one attached hydrogen (secondary N) is 1. The van der Waals surface area contributed by atoms with Gasteiger partial charge in [0.25, 0.3) is 0 Å². The summed E-state index contributed by atoms with van der Waals surface area (Å²) in [5.41, 5.74) is 0. The topological polar surface area (TPSA) is 67.3 Å². The highest BCUT2D eigenvalue weighted by molar-refractivity contribution is 9.10. The van der Waals surface area contributed by atoms with Gasteiger partial charge in [0.1, 0.15) is 16.2 Å². The van der Waals surface area contributed by atoms with Crippen LogP contribution in [-0.4, -0.2) is 41.4 Å². The Morgan fingerprint density at radius 3 is 2.88 bits per heavy atom. The smallest absolute Gasteiger partial charge is 0.131 e. The monoisotopic (exact) mass is 303 g/mol. The molecule has 5 nitrogen and oxygen atoms in total. The molecule has 0 aromatic carbocycles. The van der Waals surface area contributed by atoms with E-state index < -0.39 is 0 Å². The van der Waals surface area contributed by atoms with Crippen LogP contribution < -0.4 is 5.32 Å². The van der Waals surface area contributed by atoms with Crippen LogP contribution in [0.15, 0.2) is 10.7 Å². The summed E-state index contributed by atoms with van der Waals surface area (Å²) in [5, 5.41) is 12.2. The van der Waals surface area contributed by atoms with E-state index in [9.17, 15) is 0 Å². The van der Waals surface area contributed by atoms with Gasteiger partial charge in [-0.1, -0.05) is 6.92 Å². The third kappa shape index (κ3) is 4.97. The summed E-state index contributed by atoms with van der Waals surface area (Å²) in [6.07, 6.45) is 1.40. The van der Waals surface area contributed by atoms with Crippen molar-refractivity contribution in [1.82, 2.24) is 9.97 Å². The minimum absolute atomic E-state index is 0.0523. The molecule has 0 aliphatic heterocycles. The maximum Gasteiger partial charge on any atom is 0.131 e. The Morgan fingerprint density at radius 2 is 2.29 bits per heavy atom. The molecule has 1 atom stereocenters. The van der Waals surface area contributed by atoms with Crippen LogP contribution >= 0.6 is 15.9 Å². The highest BCUT2D eigenvalue weighted by atomic mass is 79.9. The van der Waals surface area contributed by atoms with E-state index in [4.69, 9.17) is 9.84 Å². The van der Waals surface area contributed by atoms with Crippen molar-refractivity contribution in [2.24, 2.45) is 0 Å². The second-order valence-electron chi connectivity index (χ2n) is 3.65. The molecule has 1 rings (SSSR count). The zero-order valence-electron chi connectivity index (χ0n) is 10.1. The van der Waals surface area contributed by atoms with Gasteiger partial charge < -0.3 is 15.2 Å². The number of aromatic nitrogens is 2. The molecule has 0 fully saturated rings. The maximum absolute atomic E-state index is 8.96. The Bertz CT molecular complexity index is 343. The van der Waals surface area contributed by atoms with E-state index in [1.807, 2.05) is 13.0 Å². The summed E-state index contributed by atoms with van der Waals surface area (Å²) < 4.78 is 5.84. The van der Waals surface area contributed by atoms with Crippen LogP contribution in [0.1, 0.15) is 19.2 Å². The van der Waals surface area contributed by atoms with E-state index in [2.05, 4.69) is 31.2 Å². The van der Waals surface area contributed by atoms with Gasteiger partial charge in [0.05, 0.1) is 12.6 Å². The number of halogens is 1. The molecular weight excluding hydrogens is 286 g/mol. The Morgan fingerprint density at radius 1 is 1.53 bits per heavy atom. The van der Waals surface area contributed by atoms with Gasteiger partial charge in [0, 0.05) is 26.2 Å². The van der Waals surface area contributed by atoms with Crippen LogP contribution in [0, 0.1) is 0 Å². The van der Waals surface area contributed by atoms with Crippen LogP contribution in [-0.2, 0) is 11.2 Å². The standard InChI is InChI=1S/C11H18BrN3O2/c1-3-10-14-9(12)6-11(15-10)13-8(4-5-16)7-17-2/h6,8,16H,3-5,7H2,1-2H3,(H,13,14,15). The van der Waals surface area contributed by atoms with Gasteiger partial charge in [0.2, 0.25) is 0 Å². The summed E-state index contributed by atoms with van der Waals surface area (Å²) >= 11 is 3.35. The number of nitrogens with zero attached hydrogens (tertiary/aromatic N) is 2. The number of ether oxygens (including phenoxy) is 1. The van der Waals surface area contributed by atoms with Gasteiger partial charge in [0.15, 0.2) is 0 Å². The number of anilines is 1. The number of hydrogen-bond acceptors (Lipinski definition) is 5. The van der Waals surface area contributed by atoms with E-state index in [1.54, 1.807) is 7.11 Å². The first-order valence-electron chi connectivity index (χ1n) is 5.59. The Kier molecular flexibility index (Phi) is 6.39. The summed E-state index contributed by atoms with van der Waals surface area (Å²) in [7, 11) is 1.64. The lowest BCUT2D eigenvalue weighted by Gasteiger charge is -2.17. The fraction of sp³-hybridized carbons (Fsp3) is 0.636. The fourth-order valence-electron chi connectivity index (χ4n) is 1.46. The normalized spacial score (nSPS) is 12.5. The number of rotatable bonds is 7. The van der Waals surface area contributed by atoms with Gasteiger partial charge in [-0.15, -0.1) is 0 Å². The lowest BCUT2D eigenvalue weighted by Crippen LogP contribution is -2.26. The SMILES string of the molecule is CCc1nc(Br)cc(NC(CCO)COC)n1. The quantitative estimate of drug-likeness (QED) is 0.749.